The van der Waals surface area contributed by atoms with Crippen molar-refractivity contribution in [3.63, 3.8) is 0 Å². The molecule has 15 nitrogen and oxygen atoms in total. The van der Waals surface area contributed by atoms with Crippen molar-refractivity contribution in [2.75, 3.05) is 78.4 Å². The minimum absolute atomic E-state index is 0.147. The van der Waals surface area contributed by atoms with Gasteiger partial charge in [-0.3, -0.25) is 19.4 Å². The SMILES string of the molecule is CC[C@]1(O)C[C@H]2CN(CCc3c([nH]c4ccc(Nc5ccc(OC)cc5)cc34)[C@@](C(=O)OC)(c3cc4c(cc3OC)N(C)C3[C@]45CCN4CC=C[C@@](CC)([C@@H](OC(C)=O)[C@]3(O)C(=O)OC)[C@H]45)C2)C1. The van der Waals surface area contributed by atoms with E-state index in [1.165, 1.54) is 21.1 Å². The van der Waals surface area contributed by atoms with Crippen LogP contribution < -0.4 is 19.7 Å². The lowest BCUT2D eigenvalue weighted by molar-refractivity contribution is -0.228. The van der Waals surface area contributed by atoms with Crippen molar-refractivity contribution in [2.24, 2.45) is 11.3 Å². The fourth-order valence-electron chi connectivity index (χ4n) is 14.5. The lowest BCUT2D eigenvalue weighted by atomic mass is 9.47. The lowest BCUT2D eigenvalue weighted by Crippen LogP contribution is -2.81. The number of esters is 3. The number of aromatic amines is 1. The van der Waals surface area contributed by atoms with Gasteiger partial charge in [0.2, 0.25) is 5.60 Å². The first-order valence-corrected chi connectivity index (χ1v) is 24.1. The average Bonchev–Trinajstić information content (AvgIpc) is 4.00. The van der Waals surface area contributed by atoms with E-state index in [1.807, 2.05) is 74.3 Å². The zero-order valence-corrected chi connectivity index (χ0v) is 40.4. The number of ether oxygens (including phenoxy) is 5. The molecule has 6 aliphatic rings. The number of carbonyl (C=O) groups excluding carboxylic acids is 3. The number of aromatic nitrogens is 1. The third kappa shape index (κ3) is 6.40. The molecule has 1 saturated carbocycles. The average molecular weight is 932 g/mol. The number of hydrogen-bond donors (Lipinski definition) is 4. The summed E-state index contributed by atoms with van der Waals surface area (Å²) in [5.41, 5.74) is -0.329. The molecule has 3 fully saturated rings. The number of carbonyl (C=O) groups is 3. The van der Waals surface area contributed by atoms with E-state index in [0.29, 0.717) is 81.8 Å². The number of benzene rings is 3. The Hall–Kier alpha value is -5.61. The quantitative estimate of drug-likeness (QED) is 0.0861. The maximum atomic E-state index is 15.7. The number of methoxy groups -OCH3 is 4. The summed E-state index contributed by atoms with van der Waals surface area (Å²) in [6.07, 6.45) is 5.70. The topological polar surface area (TPSA) is 175 Å². The Labute approximate surface area is 397 Å². The number of piperidine rings is 1. The number of anilines is 3. The molecule has 5 aliphatic heterocycles. The van der Waals surface area contributed by atoms with Crippen molar-refractivity contribution in [3.8, 4) is 11.5 Å². The molecule has 10 atom stereocenters. The van der Waals surface area contributed by atoms with E-state index in [0.717, 1.165) is 44.8 Å². The second-order valence-corrected chi connectivity index (χ2v) is 20.3. The molecule has 6 heterocycles. The highest BCUT2D eigenvalue weighted by molar-refractivity contribution is 5.96. The summed E-state index contributed by atoms with van der Waals surface area (Å²) in [4.78, 5) is 53.8. The van der Waals surface area contributed by atoms with Gasteiger partial charge in [0.25, 0.3) is 0 Å². The van der Waals surface area contributed by atoms with E-state index in [4.69, 9.17) is 23.7 Å². The van der Waals surface area contributed by atoms with E-state index in [2.05, 4.69) is 38.3 Å². The van der Waals surface area contributed by atoms with Crippen LogP contribution in [-0.4, -0.2) is 141 Å². The molecule has 15 heteroatoms. The molecule has 0 radical (unpaired) electrons. The standard InChI is InChI=1S/C53H65N5O10/c1-9-49(62)27-32-28-52(47(60)66-7,43-36(18-22-57(29-32)30-49)37-24-34(14-17-40(37)55-43)54-33-12-15-35(64-5)16-13-33)39-25-38-41(26-42(39)65-6)56(4)45-51(38)20-23-58-21-11-19-50(10-2,44(51)58)46(68-31(3)59)53(45,63)48(61)67-8/h11-17,19,24-26,32,44-46,54-55,62-63H,9-10,18,20-23,27-30H2,1-8H3/t32-,44+,45?,46-,49+,50-,51-,52+,53+/m1/s1. The number of likely N-dealkylation sites (N-methyl/N-ethyl adjacent to an activating group) is 1. The molecule has 0 amide bonds. The van der Waals surface area contributed by atoms with E-state index in [9.17, 15) is 19.8 Å². The maximum absolute atomic E-state index is 15.7. The van der Waals surface area contributed by atoms with Crippen molar-refractivity contribution >= 4 is 45.9 Å². The molecule has 2 unspecified atom stereocenters. The van der Waals surface area contributed by atoms with E-state index in [-0.39, 0.29) is 18.4 Å². The van der Waals surface area contributed by atoms with Gasteiger partial charge >= 0.3 is 17.9 Å². The van der Waals surface area contributed by atoms with Gasteiger partial charge in [0, 0.05) is 102 Å². The van der Waals surface area contributed by atoms with Gasteiger partial charge in [-0.25, -0.2) is 4.79 Å². The van der Waals surface area contributed by atoms with Gasteiger partial charge in [0.15, 0.2) is 6.10 Å². The fourth-order valence-corrected chi connectivity index (χ4v) is 14.5. The van der Waals surface area contributed by atoms with Crippen LogP contribution in [0.15, 0.2) is 66.7 Å². The Balaban J connectivity index is 1.24. The minimum atomic E-state index is -2.33. The van der Waals surface area contributed by atoms with Crippen LogP contribution in [0, 0.1) is 11.3 Å². The molecule has 3 aromatic carbocycles. The normalized spacial score (nSPS) is 33.5. The molecule has 4 N–H and O–H groups in total. The van der Waals surface area contributed by atoms with Gasteiger partial charge in [-0.05, 0) is 111 Å². The van der Waals surface area contributed by atoms with Crippen LogP contribution in [0.5, 0.6) is 11.5 Å². The predicted molar refractivity (Wildman–Crippen MR) is 257 cm³/mol. The summed E-state index contributed by atoms with van der Waals surface area (Å²) in [7, 11) is 7.78. The van der Waals surface area contributed by atoms with Gasteiger partial charge in [-0.2, -0.15) is 0 Å². The first kappa shape index (κ1) is 46.1. The molecule has 1 spiro atoms. The molecule has 362 valence electrons. The number of H-pyrrole nitrogens is 1. The smallest absolute Gasteiger partial charge is 0.344 e. The summed E-state index contributed by atoms with van der Waals surface area (Å²) < 4.78 is 29.6. The molecular weight excluding hydrogens is 867 g/mol. The van der Waals surface area contributed by atoms with Crippen LogP contribution in [0.4, 0.5) is 17.1 Å². The van der Waals surface area contributed by atoms with Crippen LogP contribution in [0.1, 0.15) is 75.3 Å². The molecule has 68 heavy (non-hydrogen) atoms. The first-order chi connectivity index (χ1) is 32.6. The highest BCUT2D eigenvalue weighted by Gasteiger charge is 2.80. The lowest BCUT2D eigenvalue weighted by Gasteiger charge is -2.63. The predicted octanol–water partition coefficient (Wildman–Crippen LogP) is 5.74. The maximum Gasteiger partial charge on any atom is 0.344 e. The van der Waals surface area contributed by atoms with Crippen LogP contribution in [0.25, 0.3) is 10.9 Å². The fraction of sp³-hybridized carbons (Fsp3) is 0.528. The van der Waals surface area contributed by atoms with Gasteiger partial charge in [-0.15, -0.1) is 0 Å². The number of hydrogen-bond acceptors (Lipinski definition) is 14. The van der Waals surface area contributed by atoms with Crippen molar-refractivity contribution < 1.29 is 48.3 Å². The molecule has 10 rings (SSSR count). The number of rotatable bonds is 10. The molecular formula is C53H65N5O10. The van der Waals surface area contributed by atoms with Crippen LogP contribution >= 0.6 is 0 Å². The van der Waals surface area contributed by atoms with Crippen molar-refractivity contribution in [2.45, 2.75) is 99.5 Å². The molecule has 2 bridgehead atoms. The molecule has 2 saturated heterocycles. The Morgan fingerprint density at radius 1 is 0.868 bits per heavy atom. The number of aliphatic hydroxyl groups is 2. The molecule has 1 aliphatic carbocycles. The first-order valence-electron chi connectivity index (χ1n) is 24.1. The molecule has 4 aromatic rings. The van der Waals surface area contributed by atoms with Crippen molar-refractivity contribution in [3.05, 3.63) is 89.1 Å². The van der Waals surface area contributed by atoms with E-state index in [1.54, 1.807) is 14.2 Å². The van der Waals surface area contributed by atoms with Crippen LogP contribution in [0.3, 0.4) is 0 Å². The zero-order chi connectivity index (χ0) is 48.1. The zero-order valence-electron chi connectivity index (χ0n) is 40.4. The highest BCUT2D eigenvalue weighted by Crippen LogP contribution is 2.68. The highest BCUT2D eigenvalue weighted by atomic mass is 16.6. The number of nitrogens with one attached hydrogen (secondary N) is 2. The summed E-state index contributed by atoms with van der Waals surface area (Å²) >= 11 is 0. The Kier molecular flexibility index (Phi) is 11.2. The van der Waals surface area contributed by atoms with Crippen LogP contribution in [-0.2, 0) is 45.8 Å². The van der Waals surface area contributed by atoms with Gasteiger partial charge in [0.05, 0.1) is 40.1 Å². The summed E-state index contributed by atoms with van der Waals surface area (Å²) in [5, 5.41) is 30.1. The van der Waals surface area contributed by atoms with E-state index >= 15 is 4.79 Å². The summed E-state index contributed by atoms with van der Waals surface area (Å²) in [5.74, 6) is -0.936. The number of nitrogens with zero attached hydrogens (tertiary/aromatic N) is 3. The third-order valence-electron chi connectivity index (χ3n) is 17.1. The summed E-state index contributed by atoms with van der Waals surface area (Å²) in [6, 6.07) is 16.7. The monoisotopic (exact) mass is 931 g/mol. The second-order valence-electron chi connectivity index (χ2n) is 20.3. The van der Waals surface area contributed by atoms with Gasteiger partial charge in [0.1, 0.15) is 16.9 Å². The summed E-state index contributed by atoms with van der Waals surface area (Å²) in [6.45, 7) is 8.45. The Morgan fingerprint density at radius 2 is 1.62 bits per heavy atom. The van der Waals surface area contributed by atoms with Crippen LogP contribution in [0.2, 0.25) is 0 Å². The molecule has 1 aromatic heterocycles. The van der Waals surface area contributed by atoms with E-state index < -0.39 is 57.5 Å². The van der Waals surface area contributed by atoms with Gasteiger partial charge < -0.3 is 49.1 Å². The largest absolute Gasteiger partial charge is 0.497 e. The minimum Gasteiger partial charge on any atom is -0.497 e. The number of fused-ring (bicyclic) bond motifs is 6. The van der Waals surface area contributed by atoms with Gasteiger partial charge in [-0.1, -0.05) is 26.0 Å². The Bertz CT molecular complexity index is 2700. The second kappa shape index (κ2) is 16.5. The van der Waals surface area contributed by atoms with Crippen molar-refractivity contribution in [1.82, 2.24) is 14.8 Å². The van der Waals surface area contributed by atoms with Crippen molar-refractivity contribution in [1.29, 1.82) is 0 Å². The Morgan fingerprint density at radius 3 is 2.29 bits per heavy atom. The third-order valence-corrected chi connectivity index (χ3v) is 17.1.